The van der Waals surface area contributed by atoms with Gasteiger partial charge in [0.1, 0.15) is 5.76 Å². The van der Waals surface area contributed by atoms with E-state index < -0.39 is 0 Å². The normalized spacial score (nSPS) is 39.5. The van der Waals surface area contributed by atoms with Crippen LogP contribution in [0.25, 0.3) is 0 Å². The van der Waals surface area contributed by atoms with Crippen LogP contribution in [0.5, 0.6) is 0 Å². The molecule has 0 radical (unpaired) electrons. The molecule has 1 aromatic rings. The topological polar surface area (TPSA) is 43.1 Å². The van der Waals surface area contributed by atoms with E-state index in [1.807, 2.05) is 12.3 Å². The van der Waals surface area contributed by atoms with E-state index >= 15 is 0 Å². The van der Waals surface area contributed by atoms with Gasteiger partial charge in [0.05, 0.1) is 6.20 Å². The first-order valence-electron chi connectivity index (χ1n) is 8.47. The van der Waals surface area contributed by atoms with Crippen LogP contribution in [-0.4, -0.2) is 10.9 Å². The van der Waals surface area contributed by atoms with Gasteiger partial charge in [-0.1, -0.05) is 38.4 Å². The van der Waals surface area contributed by atoms with Gasteiger partial charge in [-0.2, -0.15) is 0 Å². The maximum absolute atomic E-state index is 12.1. The zero-order valence-corrected chi connectivity index (χ0v) is 14.0. The highest BCUT2D eigenvalue weighted by atomic mass is 16.5. The van der Waals surface area contributed by atoms with Crippen molar-refractivity contribution in [2.24, 2.45) is 16.7 Å². The van der Waals surface area contributed by atoms with Gasteiger partial charge >= 0.3 is 0 Å². The highest BCUT2D eigenvalue weighted by Gasteiger charge is 2.59. The number of hydrogen-bond donors (Lipinski definition) is 0. The number of rotatable bonds is 0. The van der Waals surface area contributed by atoms with Crippen LogP contribution in [0.4, 0.5) is 0 Å². The molecule has 3 aliphatic carbocycles. The fraction of sp³-hybridized carbons (Fsp3) is 0.684. The predicted molar refractivity (Wildman–Crippen MR) is 84.5 cm³/mol. The molecule has 22 heavy (non-hydrogen) atoms. The molecule has 4 rings (SSSR count). The SMILES string of the molecule is CC12CCC(=O)C=C1[C@@]1(C)Cc3cnoc3C(C)(C)[C@@H]1CC2. The second kappa shape index (κ2) is 4.12. The number of aromatic nitrogens is 1. The average molecular weight is 299 g/mol. The van der Waals surface area contributed by atoms with Crippen molar-refractivity contribution in [2.45, 2.75) is 65.2 Å². The van der Waals surface area contributed by atoms with Gasteiger partial charge in [-0.3, -0.25) is 4.79 Å². The lowest BCUT2D eigenvalue weighted by Crippen LogP contribution is -2.54. The first-order chi connectivity index (χ1) is 10.3. The summed E-state index contributed by atoms with van der Waals surface area (Å²) in [5.74, 6) is 1.87. The number of hydrogen-bond acceptors (Lipinski definition) is 3. The van der Waals surface area contributed by atoms with Crippen molar-refractivity contribution in [3.63, 3.8) is 0 Å². The molecule has 0 amide bonds. The molecule has 1 saturated carbocycles. The lowest BCUT2D eigenvalue weighted by Gasteiger charge is -2.59. The number of nitrogens with zero attached hydrogens (tertiary/aromatic N) is 1. The third-order valence-corrected chi connectivity index (χ3v) is 6.91. The second-order valence-electron chi connectivity index (χ2n) is 8.67. The lowest BCUT2D eigenvalue weighted by molar-refractivity contribution is -0.116. The summed E-state index contributed by atoms with van der Waals surface area (Å²) in [5, 5.41) is 4.06. The molecule has 1 unspecified atom stereocenters. The fourth-order valence-corrected chi connectivity index (χ4v) is 5.87. The van der Waals surface area contributed by atoms with Crippen LogP contribution in [0, 0.1) is 16.7 Å². The van der Waals surface area contributed by atoms with Gasteiger partial charge in [-0.05, 0) is 48.5 Å². The minimum absolute atomic E-state index is 0.0263. The van der Waals surface area contributed by atoms with Crippen molar-refractivity contribution in [3.8, 4) is 0 Å². The Balaban J connectivity index is 1.91. The fourth-order valence-electron chi connectivity index (χ4n) is 5.87. The molecule has 0 saturated heterocycles. The first-order valence-corrected chi connectivity index (χ1v) is 8.47. The number of ketones is 1. The predicted octanol–water partition coefficient (Wildman–Crippen LogP) is 4.22. The molecule has 0 aliphatic heterocycles. The highest BCUT2D eigenvalue weighted by Crippen LogP contribution is 2.64. The Bertz CT molecular complexity index is 683. The third-order valence-electron chi connectivity index (χ3n) is 6.91. The monoisotopic (exact) mass is 299 g/mol. The van der Waals surface area contributed by atoms with Crippen molar-refractivity contribution < 1.29 is 9.32 Å². The molecule has 0 spiro atoms. The Morgan fingerprint density at radius 1 is 1.23 bits per heavy atom. The summed E-state index contributed by atoms with van der Waals surface area (Å²) < 4.78 is 5.61. The van der Waals surface area contributed by atoms with E-state index in [2.05, 4.69) is 32.9 Å². The summed E-state index contributed by atoms with van der Waals surface area (Å²) in [6.45, 7) is 9.31. The van der Waals surface area contributed by atoms with Crippen LogP contribution in [0.2, 0.25) is 0 Å². The van der Waals surface area contributed by atoms with Crippen LogP contribution in [-0.2, 0) is 16.6 Å². The van der Waals surface area contributed by atoms with Crippen LogP contribution in [0.3, 0.4) is 0 Å². The molecule has 0 aromatic carbocycles. The van der Waals surface area contributed by atoms with E-state index in [-0.39, 0.29) is 16.2 Å². The van der Waals surface area contributed by atoms with Crippen LogP contribution < -0.4 is 0 Å². The number of carbonyl (C=O) groups is 1. The first kappa shape index (κ1) is 14.2. The Hall–Kier alpha value is -1.38. The zero-order valence-electron chi connectivity index (χ0n) is 14.0. The van der Waals surface area contributed by atoms with Gasteiger partial charge in [0.25, 0.3) is 0 Å². The minimum atomic E-state index is -0.0263. The summed E-state index contributed by atoms with van der Waals surface area (Å²) in [6, 6.07) is 0. The maximum atomic E-state index is 12.1. The molecule has 3 nitrogen and oxygen atoms in total. The summed E-state index contributed by atoms with van der Waals surface area (Å²) in [4.78, 5) is 12.1. The largest absolute Gasteiger partial charge is 0.361 e. The molecule has 1 fully saturated rings. The van der Waals surface area contributed by atoms with E-state index in [1.165, 1.54) is 24.0 Å². The van der Waals surface area contributed by atoms with Crippen LogP contribution in [0.15, 0.2) is 22.4 Å². The van der Waals surface area contributed by atoms with Crippen molar-refractivity contribution in [1.29, 1.82) is 0 Å². The Kier molecular flexibility index (Phi) is 2.67. The molecule has 0 N–H and O–H groups in total. The Morgan fingerprint density at radius 3 is 2.77 bits per heavy atom. The molecule has 118 valence electrons. The number of fused-ring (bicyclic) bond motifs is 4. The second-order valence-corrected chi connectivity index (χ2v) is 8.67. The Labute approximate surface area is 132 Å². The summed E-state index contributed by atoms with van der Waals surface area (Å²) in [5.41, 5.74) is 2.84. The van der Waals surface area contributed by atoms with Crippen molar-refractivity contribution >= 4 is 5.78 Å². The van der Waals surface area contributed by atoms with Gasteiger partial charge in [-0.15, -0.1) is 0 Å². The van der Waals surface area contributed by atoms with E-state index in [0.717, 1.165) is 18.6 Å². The lowest BCUT2D eigenvalue weighted by atomic mass is 9.44. The van der Waals surface area contributed by atoms with Gasteiger partial charge in [0, 0.05) is 17.4 Å². The van der Waals surface area contributed by atoms with E-state index in [1.54, 1.807) is 0 Å². The zero-order chi connectivity index (χ0) is 15.8. The van der Waals surface area contributed by atoms with Gasteiger partial charge in [-0.25, -0.2) is 0 Å². The smallest absolute Gasteiger partial charge is 0.155 e. The maximum Gasteiger partial charge on any atom is 0.155 e. The molecule has 1 heterocycles. The van der Waals surface area contributed by atoms with E-state index in [4.69, 9.17) is 4.52 Å². The molecule has 0 bridgehead atoms. The Morgan fingerprint density at radius 2 is 2.00 bits per heavy atom. The van der Waals surface area contributed by atoms with Crippen molar-refractivity contribution in [2.75, 3.05) is 0 Å². The van der Waals surface area contributed by atoms with Crippen LogP contribution >= 0.6 is 0 Å². The molecule has 3 aliphatic rings. The molecule has 1 aromatic heterocycles. The molecule has 3 atom stereocenters. The summed E-state index contributed by atoms with van der Waals surface area (Å²) in [7, 11) is 0. The molecular formula is C19H25NO2. The highest BCUT2D eigenvalue weighted by molar-refractivity contribution is 5.92. The number of allylic oxidation sites excluding steroid dienone is 2. The van der Waals surface area contributed by atoms with Gasteiger partial charge in [0.15, 0.2) is 5.78 Å². The third kappa shape index (κ3) is 1.63. The molecular weight excluding hydrogens is 274 g/mol. The van der Waals surface area contributed by atoms with Crippen molar-refractivity contribution in [1.82, 2.24) is 5.16 Å². The van der Waals surface area contributed by atoms with E-state index in [9.17, 15) is 4.79 Å². The average Bonchev–Trinajstić information content (AvgIpc) is 2.89. The standard InChI is InChI=1S/C19H25NO2/c1-17(2)14-6-8-18(3)7-5-13(21)9-15(18)19(14,4)10-12-11-20-22-16(12)17/h9,11,14H,5-8,10H2,1-4H3/t14-,18?,19-/m0/s1. The molecule has 3 heteroatoms. The summed E-state index contributed by atoms with van der Waals surface area (Å²) >= 11 is 0. The van der Waals surface area contributed by atoms with E-state index in [0.29, 0.717) is 18.1 Å². The van der Waals surface area contributed by atoms with Crippen LogP contribution in [0.1, 0.15) is 64.7 Å². The minimum Gasteiger partial charge on any atom is -0.361 e. The number of carbonyl (C=O) groups excluding carboxylic acids is 1. The quantitative estimate of drug-likeness (QED) is 0.720. The summed E-state index contributed by atoms with van der Waals surface area (Å²) in [6.07, 6.45) is 8.93. The van der Waals surface area contributed by atoms with Gasteiger partial charge in [0.2, 0.25) is 0 Å². The van der Waals surface area contributed by atoms with Crippen molar-refractivity contribution in [3.05, 3.63) is 29.2 Å². The van der Waals surface area contributed by atoms with Gasteiger partial charge < -0.3 is 4.52 Å².